The highest BCUT2D eigenvalue weighted by Crippen LogP contribution is 2.12. The molecule has 110 valence electrons. The largest absolute Gasteiger partial charge is 0.351 e. The van der Waals surface area contributed by atoms with E-state index < -0.39 is 0 Å². The number of thioether (sulfide) groups is 1. The minimum absolute atomic E-state index is 0.116. The van der Waals surface area contributed by atoms with Crippen LogP contribution in [0.2, 0.25) is 5.15 Å². The summed E-state index contributed by atoms with van der Waals surface area (Å²) in [4.78, 5) is 15.7. The van der Waals surface area contributed by atoms with Crippen molar-refractivity contribution in [2.45, 2.75) is 12.7 Å². The van der Waals surface area contributed by atoms with Crippen molar-refractivity contribution < 1.29 is 4.79 Å². The number of aryl methyl sites for hydroxylation is 1. The molecule has 0 aliphatic carbocycles. The number of hydrogen-bond donors (Lipinski definition) is 1. The topological polar surface area (TPSA) is 42.0 Å². The molecule has 0 aliphatic rings. The lowest BCUT2D eigenvalue weighted by atomic mass is 10.2. The lowest BCUT2D eigenvalue weighted by Gasteiger charge is -2.06. The Morgan fingerprint density at radius 2 is 2.05 bits per heavy atom. The predicted octanol–water partition coefficient (Wildman–Crippen LogP) is 3.71. The van der Waals surface area contributed by atoms with Gasteiger partial charge in [0.25, 0.3) is 5.91 Å². The normalized spacial score (nSPS) is 10.4. The van der Waals surface area contributed by atoms with Crippen molar-refractivity contribution in [1.82, 2.24) is 10.3 Å². The van der Waals surface area contributed by atoms with Crippen LogP contribution in [0.1, 0.15) is 21.5 Å². The second-order valence-corrected chi connectivity index (χ2v) is 6.15. The van der Waals surface area contributed by atoms with Gasteiger partial charge in [-0.2, -0.15) is 11.8 Å². The monoisotopic (exact) mass is 320 g/mol. The molecule has 1 heterocycles. The van der Waals surface area contributed by atoms with Gasteiger partial charge in [-0.05, 0) is 24.6 Å². The summed E-state index contributed by atoms with van der Waals surface area (Å²) >= 11 is 7.56. The molecule has 2 aromatic rings. The molecule has 0 saturated heterocycles. The zero-order valence-corrected chi connectivity index (χ0v) is 13.4. The number of pyridine rings is 1. The number of benzene rings is 1. The van der Waals surface area contributed by atoms with Crippen LogP contribution in [-0.4, -0.2) is 23.2 Å². The van der Waals surface area contributed by atoms with Gasteiger partial charge < -0.3 is 5.32 Å². The zero-order chi connectivity index (χ0) is 15.1. The Labute approximate surface area is 134 Å². The molecule has 1 N–H and O–H groups in total. The minimum atomic E-state index is -0.116. The number of hydrogen-bond acceptors (Lipinski definition) is 3. The Hall–Kier alpha value is -1.52. The van der Waals surface area contributed by atoms with Crippen molar-refractivity contribution in [3.63, 3.8) is 0 Å². The van der Waals surface area contributed by atoms with E-state index in [1.807, 2.05) is 0 Å². The highest BCUT2D eigenvalue weighted by Gasteiger charge is 2.05. The summed E-state index contributed by atoms with van der Waals surface area (Å²) in [5.41, 5.74) is 3.11. The van der Waals surface area contributed by atoms with Crippen molar-refractivity contribution in [2.75, 3.05) is 12.3 Å². The Kier molecular flexibility index (Phi) is 6.08. The van der Waals surface area contributed by atoms with E-state index in [1.54, 1.807) is 23.9 Å². The molecule has 0 radical (unpaired) electrons. The van der Waals surface area contributed by atoms with E-state index in [9.17, 15) is 4.79 Å². The molecule has 0 fully saturated rings. The second kappa shape index (κ2) is 8.05. The smallest absolute Gasteiger partial charge is 0.251 e. The molecule has 2 rings (SSSR count). The first kappa shape index (κ1) is 15.9. The van der Waals surface area contributed by atoms with Crippen molar-refractivity contribution in [3.8, 4) is 0 Å². The van der Waals surface area contributed by atoms with Crippen molar-refractivity contribution in [2.24, 2.45) is 0 Å². The first-order chi connectivity index (χ1) is 10.1. The molecular weight excluding hydrogens is 304 g/mol. The third-order valence-corrected chi connectivity index (χ3v) is 4.15. The molecule has 1 aromatic carbocycles. The molecule has 5 heteroatoms. The fraction of sp³-hybridized carbons (Fsp3) is 0.250. The summed E-state index contributed by atoms with van der Waals surface area (Å²) in [6.07, 6.45) is 1.53. The van der Waals surface area contributed by atoms with Crippen LogP contribution < -0.4 is 5.32 Å². The summed E-state index contributed by atoms with van der Waals surface area (Å²) in [6, 6.07) is 11.7. The molecule has 21 heavy (non-hydrogen) atoms. The van der Waals surface area contributed by atoms with Crippen LogP contribution in [0.25, 0.3) is 0 Å². The van der Waals surface area contributed by atoms with Gasteiger partial charge >= 0.3 is 0 Å². The summed E-state index contributed by atoms with van der Waals surface area (Å²) < 4.78 is 0. The molecule has 0 unspecified atom stereocenters. The Bertz CT molecular complexity index is 601. The van der Waals surface area contributed by atoms with Gasteiger partial charge in [0.15, 0.2) is 0 Å². The zero-order valence-electron chi connectivity index (χ0n) is 11.8. The summed E-state index contributed by atoms with van der Waals surface area (Å²) in [5.74, 6) is 1.71. The van der Waals surface area contributed by atoms with E-state index in [-0.39, 0.29) is 5.91 Å². The van der Waals surface area contributed by atoms with Crippen LogP contribution in [0.3, 0.4) is 0 Å². The average Bonchev–Trinajstić information content (AvgIpc) is 2.48. The van der Waals surface area contributed by atoms with E-state index in [4.69, 9.17) is 11.6 Å². The van der Waals surface area contributed by atoms with Gasteiger partial charge in [0.2, 0.25) is 0 Å². The lowest BCUT2D eigenvalue weighted by Crippen LogP contribution is -2.25. The number of carbonyl (C=O) groups is 1. The molecule has 3 nitrogen and oxygen atoms in total. The fourth-order valence-corrected chi connectivity index (χ4v) is 2.75. The van der Waals surface area contributed by atoms with Crippen molar-refractivity contribution in [3.05, 3.63) is 64.4 Å². The van der Waals surface area contributed by atoms with Gasteiger partial charge in [-0.25, -0.2) is 4.98 Å². The number of carbonyl (C=O) groups excluding carboxylic acids is 1. The second-order valence-electron chi connectivity index (χ2n) is 4.66. The quantitative estimate of drug-likeness (QED) is 0.651. The molecule has 0 saturated carbocycles. The molecule has 0 atom stereocenters. The Morgan fingerprint density at radius 1 is 1.29 bits per heavy atom. The van der Waals surface area contributed by atoms with Crippen LogP contribution in [0.5, 0.6) is 0 Å². The summed E-state index contributed by atoms with van der Waals surface area (Å²) in [7, 11) is 0. The number of nitrogens with one attached hydrogen (secondary N) is 1. The van der Waals surface area contributed by atoms with Gasteiger partial charge in [0.1, 0.15) is 5.15 Å². The Balaban J connectivity index is 1.68. The third-order valence-electron chi connectivity index (χ3n) is 2.91. The van der Waals surface area contributed by atoms with Crippen LogP contribution in [0, 0.1) is 6.92 Å². The number of rotatable bonds is 6. The van der Waals surface area contributed by atoms with Crippen LogP contribution in [-0.2, 0) is 5.75 Å². The SMILES string of the molecule is Cc1ccc(CSCCNC(=O)c2ccnc(Cl)c2)cc1. The first-order valence-corrected chi connectivity index (χ1v) is 8.21. The predicted molar refractivity (Wildman–Crippen MR) is 88.9 cm³/mol. The van der Waals surface area contributed by atoms with Gasteiger partial charge in [-0.3, -0.25) is 4.79 Å². The molecule has 0 aliphatic heterocycles. The van der Waals surface area contributed by atoms with E-state index in [1.165, 1.54) is 17.3 Å². The summed E-state index contributed by atoms with van der Waals surface area (Å²) in [6.45, 7) is 2.72. The van der Waals surface area contributed by atoms with Gasteiger partial charge in [-0.15, -0.1) is 0 Å². The highest BCUT2D eigenvalue weighted by atomic mass is 35.5. The van der Waals surface area contributed by atoms with E-state index >= 15 is 0 Å². The maximum absolute atomic E-state index is 11.9. The maximum atomic E-state index is 11.9. The molecule has 0 spiro atoms. The van der Waals surface area contributed by atoms with Gasteiger partial charge in [0.05, 0.1) is 0 Å². The lowest BCUT2D eigenvalue weighted by molar-refractivity contribution is 0.0956. The third kappa shape index (κ3) is 5.40. The molecular formula is C16H17ClN2OS. The standard InChI is InChI=1S/C16H17ClN2OS/c1-12-2-4-13(5-3-12)11-21-9-8-19-16(20)14-6-7-18-15(17)10-14/h2-7,10H,8-9,11H2,1H3,(H,19,20). The Morgan fingerprint density at radius 3 is 2.76 bits per heavy atom. The van der Waals surface area contributed by atoms with E-state index in [2.05, 4.69) is 41.5 Å². The van der Waals surface area contributed by atoms with Crippen LogP contribution in [0.4, 0.5) is 0 Å². The van der Waals surface area contributed by atoms with Crippen molar-refractivity contribution >= 4 is 29.3 Å². The average molecular weight is 321 g/mol. The first-order valence-electron chi connectivity index (χ1n) is 6.68. The number of nitrogens with zero attached hydrogens (tertiary/aromatic N) is 1. The van der Waals surface area contributed by atoms with Gasteiger partial charge in [0, 0.05) is 29.8 Å². The van der Waals surface area contributed by atoms with Crippen LogP contribution in [0.15, 0.2) is 42.6 Å². The number of amides is 1. The van der Waals surface area contributed by atoms with Crippen molar-refractivity contribution in [1.29, 1.82) is 0 Å². The molecule has 0 bridgehead atoms. The molecule has 1 aromatic heterocycles. The van der Waals surface area contributed by atoms with Gasteiger partial charge in [-0.1, -0.05) is 41.4 Å². The van der Waals surface area contributed by atoms with Crippen LogP contribution >= 0.6 is 23.4 Å². The molecule has 1 amide bonds. The van der Waals surface area contributed by atoms with E-state index in [0.29, 0.717) is 17.3 Å². The minimum Gasteiger partial charge on any atom is -0.351 e. The number of halogens is 1. The highest BCUT2D eigenvalue weighted by molar-refractivity contribution is 7.98. The summed E-state index contributed by atoms with van der Waals surface area (Å²) in [5, 5.41) is 3.21. The number of aromatic nitrogens is 1. The fourth-order valence-electron chi connectivity index (χ4n) is 1.76. The maximum Gasteiger partial charge on any atom is 0.251 e. The van der Waals surface area contributed by atoms with E-state index in [0.717, 1.165) is 11.5 Å².